The molecule has 0 aliphatic heterocycles. The van der Waals surface area contributed by atoms with Crippen LogP contribution in [0.1, 0.15) is 11.1 Å². The second-order valence-corrected chi connectivity index (χ2v) is 12.4. The molecule has 3 aromatic rings. The molecule has 0 aliphatic rings. The fourth-order valence-electron chi connectivity index (χ4n) is 3.23. The van der Waals surface area contributed by atoms with Crippen LogP contribution < -0.4 is 14.4 Å². The number of ether oxygens (including phenoxy) is 1. The molecular formula is C25H25BrCl2N2O4S2. The highest BCUT2D eigenvalue weighted by atomic mass is 79.9. The number of thioether (sulfide) groups is 1. The molecule has 0 fully saturated rings. The van der Waals surface area contributed by atoms with Gasteiger partial charge in [-0.1, -0.05) is 47.0 Å². The zero-order valence-electron chi connectivity index (χ0n) is 19.6. The highest BCUT2D eigenvalue weighted by molar-refractivity contribution is 9.10. The van der Waals surface area contributed by atoms with Crippen LogP contribution in [0.2, 0.25) is 10.0 Å². The number of nitrogens with zero attached hydrogens (tertiary/aromatic N) is 1. The Morgan fingerprint density at radius 2 is 1.81 bits per heavy atom. The number of sulfonamides is 1. The first-order valence-electron chi connectivity index (χ1n) is 10.8. The number of hydrogen-bond donors (Lipinski definition) is 1. The van der Waals surface area contributed by atoms with E-state index in [2.05, 4.69) is 21.2 Å². The number of carbonyl (C=O) groups is 1. The molecule has 3 aromatic carbocycles. The third kappa shape index (κ3) is 7.55. The number of halogens is 3. The molecule has 0 aliphatic carbocycles. The Bertz CT molecular complexity index is 1320. The molecule has 0 bridgehead atoms. The van der Waals surface area contributed by atoms with Gasteiger partial charge in [-0.2, -0.15) is 11.8 Å². The average molecular weight is 632 g/mol. The van der Waals surface area contributed by atoms with Gasteiger partial charge < -0.3 is 10.1 Å². The minimum Gasteiger partial charge on any atom is -0.496 e. The molecule has 0 saturated carbocycles. The van der Waals surface area contributed by atoms with Crippen LogP contribution in [-0.4, -0.2) is 40.3 Å². The van der Waals surface area contributed by atoms with Gasteiger partial charge in [0, 0.05) is 28.1 Å². The largest absolute Gasteiger partial charge is 0.496 e. The second kappa shape index (κ2) is 13.1. The molecule has 1 amide bonds. The highest BCUT2D eigenvalue weighted by Crippen LogP contribution is 2.31. The maximum atomic E-state index is 13.6. The lowest BCUT2D eigenvalue weighted by Gasteiger charge is -2.24. The number of hydrogen-bond acceptors (Lipinski definition) is 5. The first-order valence-corrected chi connectivity index (χ1v) is 15.0. The zero-order valence-corrected chi connectivity index (χ0v) is 24.4. The van der Waals surface area contributed by atoms with E-state index in [1.54, 1.807) is 54.2 Å². The van der Waals surface area contributed by atoms with Crippen molar-refractivity contribution in [3.8, 4) is 5.75 Å². The molecule has 0 aromatic heterocycles. The van der Waals surface area contributed by atoms with Crippen LogP contribution in [-0.2, 0) is 20.6 Å². The van der Waals surface area contributed by atoms with Crippen molar-refractivity contribution in [1.82, 2.24) is 5.32 Å². The molecular weight excluding hydrogens is 607 g/mol. The van der Waals surface area contributed by atoms with Gasteiger partial charge in [0.15, 0.2) is 0 Å². The lowest BCUT2D eigenvalue weighted by molar-refractivity contribution is -0.119. The number of rotatable bonds is 11. The molecule has 36 heavy (non-hydrogen) atoms. The predicted octanol–water partition coefficient (Wildman–Crippen LogP) is 6.32. The topological polar surface area (TPSA) is 75.7 Å². The summed E-state index contributed by atoms with van der Waals surface area (Å²) >= 11 is 17.1. The van der Waals surface area contributed by atoms with E-state index < -0.39 is 15.9 Å². The molecule has 0 saturated heterocycles. The van der Waals surface area contributed by atoms with Crippen molar-refractivity contribution in [2.24, 2.45) is 0 Å². The molecule has 6 nitrogen and oxygen atoms in total. The summed E-state index contributed by atoms with van der Waals surface area (Å²) in [7, 11) is -2.53. The van der Waals surface area contributed by atoms with E-state index in [0.717, 1.165) is 15.4 Å². The van der Waals surface area contributed by atoms with E-state index in [4.69, 9.17) is 27.9 Å². The number of aryl methyl sites for hydroxylation is 1. The van der Waals surface area contributed by atoms with Gasteiger partial charge in [-0.3, -0.25) is 9.10 Å². The van der Waals surface area contributed by atoms with Gasteiger partial charge in [0.1, 0.15) is 12.3 Å². The van der Waals surface area contributed by atoms with Gasteiger partial charge in [-0.15, -0.1) is 0 Å². The number of anilines is 1. The first-order chi connectivity index (χ1) is 17.1. The lowest BCUT2D eigenvalue weighted by atomic mass is 10.2. The summed E-state index contributed by atoms with van der Waals surface area (Å²) in [4.78, 5) is 12.8. The molecule has 0 heterocycles. The minimum absolute atomic E-state index is 0.0407. The maximum absolute atomic E-state index is 13.6. The van der Waals surface area contributed by atoms with Gasteiger partial charge in [0.2, 0.25) is 5.91 Å². The predicted molar refractivity (Wildman–Crippen MR) is 152 cm³/mol. The Balaban J connectivity index is 1.68. The summed E-state index contributed by atoms with van der Waals surface area (Å²) in [5, 5.41) is 3.99. The summed E-state index contributed by atoms with van der Waals surface area (Å²) in [5.41, 5.74) is 2.33. The van der Waals surface area contributed by atoms with Crippen molar-refractivity contribution in [2.75, 3.05) is 30.3 Å². The number of benzene rings is 3. The third-order valence-corrected chi connectivity index (χ3v) is 9.15. The highest BCUT2D eigenvalue weighted by Gasteiger charge is 2.28. The normalized spacial score (nSPS) is 11.2. The quantitative estimate of drug-likeness (QED) is 0.251. The van der Waals surface area contributed by atoms with Crippen LogP contribution >= 0.6 is 50.9 Å². The Morgan fingerprint density at radius 1 is 1.08 bits per heavy atom. The molecule has 3 rings (SSSR count). The molecule has 0 atom stereocenters. The lowest BCUT2D eigenvalue weighted by Crippen LogP contribution is -2.41. The van der Waals surface area contributed by atoms with Crippen LogP contribution in [0.3, 0.4) is 0 Å². The molecule has 1 N–H and O–H groups in total. The zero-order chi connectivity index (χ0) is 26.3. The van der Waals surface area contributed by atoms with Gasteiger partial charge in [-0.25, -0.2) is 8.42 Å². The van der Waals surface area contributed by atoms with Crippen molar-refractivity contribution in [3.63, 3.8) is 0 Å². The SMILES string of the molecule is COc1ccc(S(=O)(=O)N(CC(=O)NCCSCc2ccc(Cl)cc2Cl)c2ccc(C)cc2)cc1Br. The number of nitrogens with one attached hydrogen (secondary N) is 1. The number of methoxy groups -OCH3 is 1. The Kier molecular flexibility index (Phi) is 10.4. The standard InChI is InChI=1S/C25H25BrCl2N2O4S2/c1-17-3-7-20(8-4-17)30(36(32,33)21-9-10-24(34-2)22(26)14-21)15-25(31)29-11-12-35-16-18-5-6-19(27)13-23(18)28/h3-10,13-14H,11-12,15-16H2,1-2H3,(H,29,31). The van der Waals surface area contributed by atoms with Crippen LogP contribution in [0, 0.1) is 6.92 Å². The second-order valence-electron chi connectivity index (χ2n) is 7.78. The Morgan fingerprint density at radius 3 is 2.44 bits per heavy atom. The number of carbonyl (C=O) groups excluding carboxylic acids is 1. The van der Waals surface area contributed by atoms with Crippen molar-refractivity contribution in [3.05, 3.63) is 86.3 Å². The van der Waals surface area contributed by atoms with Crippen LogP contribution in [0.4, 0.5) is 5.69 Å². The molecule has 0 unspecified atom stereocenters. The summed E-state index contributed by atoms with van der Waals surface area (Å²) in [6.07, 6.45) is 0. The Hall–Kier alpha value is -1.91. The molecule has 0 spiro atoms. The van der Waals surface area contributed by atoms with Crippen molar-refractivity contribution < 1.29 is 17.9 Å². The maximum Gasteiger partial charge on any atom is 0.264 e. The first kappa shape index (κ1) is 28.7. The van der Waals surface area contributed by atoms with Gasteiger partial charge >= 0.3 is 0 Å². The summed E-state index contributed by atoms with van der Waals surface area (Å²) in [5.74, 6) is 1.40. The van der Waals surface area contributed by atoms with Crippen LogP contribution in [0.15, 0.2) is 70.0 Å². The van der Waals surface area contributed by atoms with E-state index in [1.165, 1.54) is 19.2 Å². The minimum atomic E-state index is -4.03. The fraction of sp³-hybridized carbons (Fsp3) is 0.240. The number of amides is 1. The van der Waals surface area contributed by atoms with E-state index >= 15 is 0 Å². The van der Waals surface area contributed by atoms with Crippen LogP contribution in [0.25, 0.3) is 0 Å². The molecule has 11 heteroatoms. The van der Waals surface area contributed by atoms with E-state index in [0.29, 0.717) is 44.0 Å². The summed E-state index contributed by atoms with van der Waals surface area (Å²) < 4.78 is 33.9. The smallest absolute Gasteiger partial charge is 0.264 e. The van der Waals surface area contributed by atoms with E-state index in [9.17, 15) is 13.2 Å². The van der Waals surface area contributed by atoms with Crippen LogP contribution in [0.5, 0.6) is 5.75 Å². The van der Waals surface area contributed by atoms with Crippen molar-refractivity contribution in [1.29, 1.82) is 0 Å². The fourth-order valence-corrected chi connectivity index (χ4v) is 6.79. The van der Waals surface area contributed by atoms with Crippen molar-refractivity contribution >= 4 is 72.5 Å². The van der Waals surface area contributed by atoms with E-state index in [1.807, 2.05) is 13.0 Å². The summed E-state index contributed by atoms with van der Waals surface area (Å²) in [6, 6.07) is 16.8. The summed E-state index contributed by atoms with van der Waals surface area (Å²) in [6.45, 7) is 1.93. The average Bonchev–Trinajstić information content (AvgIpc) is 2.84. The third-order valence-electron chi connectivity index (χ3n) is 5.16. The Labute approximate surface area is 234 Å². The molecule has 192 valence electrons. The monoisotopic (exact) mass is 630 g/mol. The van der Waals surface area contributed by atoms with Gasteiger partial charge in [0.25, 0.3) is 10.0 Å². The van der Waals surface area contributed by atoms with E-state index in [-0.39, 0.29) is 11.4 Å². The van der Waals surface area contributed by atoms with Crippen molar-refractivity contribution in [2.45, 2.75) is 17.6 Å². The van der Waals surface area contributed by atoms with Gasteiger partial charge in [0.05, 0.1) is 22.2 Å². The van der Waals surface area contributed by atoms with Gasteiger partial charge in [-0.05, 0) is 70.9 Å². The molecule has 0 radical (unpaired) electrons.